The first-order valence-electron chi connectivity index (χ1n) is 6.00. The van der Waals surface area contributed by atoms with Crippen LogP contribution in [0, 0.1) is 0 Å². The molecule has 0 aliphatic heterocycles. The third-order valence-electron chi connectivity index (χ3n) is 2.86. The van der Waals surface area contributed by atoms with Crippen molar-refractivity contribution < 1.29 is 9.59 Å². The molecule has 3 heterocycles. The minimum atomic E-state index is -0.670. The number of halogens is 1. The maximum Gasteiger partial charge on any atom is 0.261 e. The Bertz CT molecular complexity index is 847. The Balaban J connectivity index is 0.00000176. The number of amides is 2. The highest BCUT2D eigenvalue weighted by atomic mass is 35.5. The molecule has 9 heteroatoms. The van der Waals surface area contributed by atoms with Crippen molar-refractivity contribution in [3.8, 4) is 0 Å². The number of nitrogens with one attached hydrogen (secondary N) is 1. The predicted octanol–water partition coefficient (Wildman–Crippen LogP) is 0.897. The van der Waals surface area contributed by atoms with E-state index in [1.807, 2.05) is 0 Å². The molecule has 0 aromatic carbocycles. The van der Waals surface area contributed by atoms with Crippen LogP contribution in [0.25, 0.3) is 5.65 Å². The number of primary amides is 1. The van der Waals surface area contributed by atoms with Gasteiger partial charge in [-0.3, -0.25) is 14.6 Å². The standard InChI is InChI=1S/C13H10N6O2.ClH/c14-11(20)8-6-15-4-2-10(8)18-13(21)9-7-17-19-5-1-3-16-12(9)19;/h1-7H,(H2,14,20)(H,15,18,21);1H. The van der Waals surface area contributed by atoms with Crippen molar-refractivity contribution in [1.29, 1.82) is 0 Å². The number of fused-ring (bicyclic) bond motifs is 1. The monoisotopic (exact) mass is 318 g/mol. The average molecular weight is 319 g/mol. The van der Waals surface area contributed by atoms with Gasteiger partial charge in [0.2, 0.25) is 0 Å². The van der Waals surface area contributed by atoms with E-state index in [1.165, 1.54) is 29.2 Å². The molecule has 8 nitrogen and oxygen atoms in total. The number of aromatic nitrogens is 4. The second kappa shape index (κ2) is 6.19. The van der Waals surface area contributed by atoms with Crippen LogP contribution in [0.15, 0.2) is 43.1 Å². The summed E-state index contributed by atoms with van der Waals surface area (Å²) in [5, 5.41) is 6.64. The molecule has 3 N–H and O–H groups in total. The molecule has 0 bridgehead atoms. The summed E-state index contributed by atoms with van der Waals surface area (Å²) in [5.41, 5.74) is 6.38. The van der Waals surface area contributed by atoms with E-state index >= 15 is 0 Å². The fraction of sp³-hybridized carbons (Fsp3) is 0. The van der Waals surface area contributed by atoms with Gasteiger partial charge in [-0.05, 0) is 12.1 Å². The number of anilines is 1. The summed E-state index contributed by atoms with van der Waals surface area (Å²) >= 11 is 0. The third kappa shape index (κ3) is 2.72. The van der Waals surface area contributed by atoms with Crippen LogP contribution in [0.1, 0.15) is 20.7 Å². The van der Waals surface area contributed by atoms with Gasteiger partial charge >= 0.3 is 0 Å². The highest BCUT2D eigenvalue weighted by Crippen LogP contribution is 2.15. The van der Waals surface area contributed by atoms with Crippen LogP contribution in [0.5, 0.6) is 0 Å². The van der Waals surface area contributed by atoms with Gasteiger partial charge in [0.1, 0.15) is 5.56 Å². The summed E-state index contributed by atoms with van der Waals surface area (Å²) in [4.78, 5) is 31.5. The maximum absolute atomic E-state index is 12.3. The van der Waals surface area contributed by atoms with Crippen LogP contribution in [0.3, 0.4) is 0 Å². The van der Waals surface area contributed by atoms with E-state index in [4.69, 9.17) is 5.73 Å². The van der Waals surface area contributed by atoms with Crippen molar-refractivity contribution in [2.75, 3.05) is 5.32 Å². The Labute approximate surface area is 130 Å². The van der Waals surface area contributed by atoms with Crippen LogP contribution in [-0.4, -0.2) is 31.4 Å². The number of hydrogen-bond acceptors (Lipinski definition) is 5. The van der Waals surface area contributed by atoms with Gasteiger partial charge in [-0.25, -0.2) is 9.50 Å². The van der Waals surface area contributed by atoms with Gasteiger partial charge in [-0.15, -0.1) is 12.4 Å². The molecule has 0 saturated heterocycles. The van der Waals surface area contributed by atoms with Crippen LogP contribution < -0.4 is 11.1 Å². The molecule has 3 rings (SSSR count). The number of carbonyl (C=O) groups is 2. The Morgan fingerprint density at radius 1 is 1.18 bits per heavy atom. The zero-order chi connectivity index (χ0) is 14.8. The lowest BCUT2D eigenvalue weighted by Crippen LogP contribution is -2.18. The molecule has 0 aliphatic carbocycles. The second-order valence-corrected chi connectivity index (χ2v) is 4.19. The molecule has 0 radical (unpaired) electrons. The summed E-state index contributed by atoms with van der Waals surface area (Å²) < 4.78 is 1.48. The van der Waals surface area contributed by atoms with E-state index in [-0.39, 0.29) is 23.7 Å². The minimum Gasteiger partial charge on any atom is -0.365 e. The fourth-order valence-electron chi connectivity index (χ4n) is 1.88. The molecule has 0 aliphatic rings. The number of carbonyl (C=O) groups excluding carboxylic acids is 2. The zero-order valence-corrected chi connectivity index (χ0v) is 11.9. The Kier molecular flexibility index (Phi) is 4.33. The average Bonchev–Trinajstić information content (AvgIpc) is 2.91. The fourth-order valence-corrected chi connectivity index (χ4v) is 1.88. The minimum absolute atomic E-state index is 0. The predicted molar refractivity (Wildman–Crippen MR) is 80.9 cm³/mol. The van der Waals surface area contributed by atoms with Crippen LogP contribution >= 0.6 is 12.4 Å². The van der Waals surface area contributed by atoms with Crippen molar-refractivity contribution in [3.05, 3.63) is 54.2 Å². The molecule has 0 fully saturated rings. The molecule has 0 atom stereocenters. The molecule has 22 heavy (non-hydrogen) atoms. The van der Waals surface area contributed by atoms with E-state index in [0.29, 0.717) is 11.2 Å². The van der Waals surface area contributed by atoms with E-state index in [1.54, 1.807) is 18.5 Å². The Hall–Kier alpha value is -3.00. The highest BCUT2D eigenvalue weighted by molar-refractivity contribution is 6.11. The lowest BCUT2D eigenvalue weighted by atomic mass is 10.2. The van der Waals surface area contributed by atoms with Gasteiger partial charge in [0.15, 0.2) is 5.65 Å². The highest BCUT2D eigenvalue weighted by Gasteiger charge is 2.16. The first-order valence-corrected chi connectivity index (χ1v) is 6.00. The first kappa shape index (κ1) is 15.4. The molecular weight excluding hydrogens is 308 g/mol. The summed E-state index contributed by atoms with van der Waals surface area (Å²) in [6.07, 6.45) is 7.40. The number of pyridine rings is 1. The number of nitrogens with two attached hydrogens (primary N) is 1. The number of rotatable bonds is 3. The Morgan fingerprint density at radius 2 is 2.00 bits per heavy atom. The van der Waals surface area contributed by atoms with E-state index in [2.05, 4.69) is 20.4 Å². The Morgan fingerprint density at radius 3 is 2.77 bits per heavy atom. The summed E-state index contributed by atoms with van der Waals surface area (Å²) in [6, 6.07) is 3.20. The van der Waals surface area contributed by atoms with Gasteiger partial charge in [0.05, 0.1) is 17.4 Å². The van der Waals surface area contributed by atoms with Gasteiger partial charge in [-0.2, -0.15) is 5.10 Å². The normalized spacial score (nSPS) is 10.0. The van der Waals surface area contributed by atoms with Crippen molar-refractivity contribution in [2.45, 2.75) is 0 Å². The topological polar surface area (TPSA) is 115 Å². The molecule has 2 amide bonds. The van der Waals surface area contributed by atoms with E-state index < -0.39 is 11.8 Å². The maximum atomic E-state index is 12.3. The third-order valence-corrected chi connectivity index (χ3v) is 2.86. The number of hydrogen-bond donors (Lipinski definition) is 2. The van der Waals surface area contributed by atoms with Crippen molar-refractivity contribution in [2.24, 2.45) is 5.73 Å². The zero-order valence-electron chi connectivity index (χ0n) is 11.1. The summed E-state index contributed by atoms with van der Waals surface area (Å²) in [6.45, 7) is 0. The van der Waals surface area contributed by atoms with Crippen molar-refractivity contribution in [3.63, 3.8) is 0 Å². The lowest BCUT2D eigenvalue weighted by molar-refractivity contribution is 0.100. The van der Waals surface area contributed by atoms with Crippen LogP contribution in [0.4, 0.5) is 5.69 Å². The summed E-state index contributed by atoms with van der Waals surface area (Å²) in [5.74, 6) is -1.10. The smallest absolute Gasteiger partial charge is 0.261 e. The molecule has 0 spiro atoms. The van der Waals surface area contributed by atoms with Gasteiger partial charge in [0.25, 0.3) is 11.8 Å². The first-order chi connectivity index (χ1) is 10.2. The van der Waals surface area contributed by atoms with Gasteiger partial charge in [-0.1, -0.05) is 0 Å². The molecule has 3 aromatic heterocycles. The van der Waals surface area contributed by atoms with Gasteiger partial charge < -0.3 is 11.1 Å². The van der Waals surface area contributed by atoms with Crippen molar-refractivity contribution in [1.82, 2.24) is 19.6 Å². The molecule has 0 unspecified atom stereocenters. The van der Waals surface area contributed by atoms with Gasteiger partial charge in [0, 0.05) is 24.8 Å². The molecular formula is C13H11ClN6O2. The summed E-state index contributed by atoms with van der Waals surface area (Å²) in [7, 11) is 0. The lowest BCUT2D eigenvalue weighted by Gasteiger charge is -2.07. The van der Waals surface area contributed by atoms with E-state index in [9.17, 15) is 9.59 Å². The largest absolute Gasteiger partial charge is 0.365 e. The van der Waals surface area contributed by atoms with Crippen LogP contribution in [0.2, 0.25) is 0 Å². The second-order valence-electron chi connectivity index (χ2n) is 4.19. The number of nitrogens with zero attached hydrogens (tertiary/aromatic N) is 4. The van der Waals surface area contributed by atoms with E-state index in [0.717, 1.165) is 0 Å². The van der Waals surface area contributed by atoms with Crippen LogP contribution in [-0.2, 0) is 0 Å². The molecule has 112 valence electrons. The van der Waals surface area contributed by atoms with Crippen molar-refractivity contribution >= 4 is 35.6 Å². The molecule has 3 aromatic rings. The molecule has 0 saturated carbocycles. The SMILES string of the molecule is Cl.NC(=O)c1cnccc1NC(=O)c1cnn2cccnc12. The quantitative estimate of drug-likeness (QED) is 0.744.